The molecule has 0 unspecified atom stereocenters. The van der Waals surface area contributed by atoms with Gasteiger partial charge in [0.15, 0.2) is 0 Å². The molecule has 0 bridgehead atoms. The van der Waals surface area contributed by atoms with Crippen LogP contribution in [0.1, 0.15) is 25.5 Å². The molecule has 0 aliphatic rings. The van der Waals surface area contributed by atoms with Gasteiger partial charge >= 0.3 is 0 Å². The molecule has 2 nitrogen and oxygen atoms in total. The van der Waals surface area contributed by atoms with Gasteiger partial charge in [0.1, 0.15) is 0 Å². The molecule has 1 aromatic carbocycles. The van der Waals surface area contributed by atoms with E-state index in [2.05, 4.69) is 42.8 Å². The zero-order valence-corrected chi connectivity index (χ0v) is 10.3. The minimum absolute atomic E-state index is 0.139. The summed E-state index contributed by atoms with van der Waals surface area (Å²) in [5.41, 5.74) is 1.26. The summed E-state index contributed by atoms with van der Waals surface area (Å²) in [7, 11) is 0. The van der Waals surface area contributed by atoms with Gasteiger partial charge in [0.2, 0.25) is 0 Å². The van der Waals surface area contributed by atoms with Gasteiger partial charge in [-0.1, -0.05) is 12.1 Å². The molecule has 0 aliphatic heterocycles. The molecule has 15 heavy (non-hydrogen) atoms. The number of hydrogen-bond donors (Lipinski definition) is 2. The molecule has 0 saturated carbocycles. The summed E-state index contributed by atoms with van der Waals surface area (Å²) in [5, 5.41) is 12.3. The van der Waals surface area contributed by atoms with Crippen molar-refractivity contribution in [2.45, 2.75) is 30.8 Å². The lowest BCUT2D eigenvalue weighted by molar-refractivity contribution is 0.243. The molecule has 0 amide bonds. The van der Waals surface area contributed by atoms with Crippen LogP contribution >= 0.6 is 11.8 Å². The van der Waals surface area contributed by atoms with Crippen LogP contribution in [-0.2, 0) is 0 Å². The normalized spacial score (nSPS) is 14.9. The van der Waals surface area contributed by atoms with Crippen LogP contribution in [0.4, 0.5) is 0 Å². The topological polar surface area (TPSA) is 32.3 Å². The minimum Gasteiger partial charge on any atom is -0.395 e. The third-order valence-corrected chi connectivity index (χ3v) is 3.17. The Balaban J connectivity index is 2.61. The smallest absolute Gasteiger partial charge is 0.0582 e. The van der Waals surface area contributed by atoms with Gasteiger partial charge in [0.25, 0.3) is 0 Å². The number of aliphatic hydroxyl groups excluding tert-OH is 1. The monoisotopic (exact) mass is 225 g/mol. The first kappa shape index (κ1) is 12.6. The van der Waals surface area contributed by atoms with E-state index in [4.69, 9.17) is 5.11 Å². The van der Waals surface area contributed by atoms with Gasteiger partial charge in [0.05, 0.1) is 6.61 Å². The highest BCUT2D eigenvalue weighted by Crippen LogP contribution is 2.19. The fourth-order valence-electron chi connectivity index (χ4n) is 1.47. The second kappa shape index (κ2) is 6.16. The minimum atomic E-state index is 0.139. The molecule has 0 aliphatic carbocycles. The second-order valence-corrected chi connectivity index (χ2v) is 4.62. The van der Waals surface area contributed by atoms with Gasteiger partial charge in [-0.25, -0.2) is 0 Å². The van der Waals surface area contributed by atoms with Crippen molar-refractivity contribution in [2.24, 2.45) is 0 Å². The summed E-state index contributed by atoms with van der Waals surface area (Å²) in [6.07, 6.45) is 2.07. The fourth-order valence-corrected chi connectivity index (χ4v) is 1.88. The second-order valence-electron chi connectivity index (χ2n) is 3.75. The number of hydrogen-bond acceptors (Lipinski definition) is 3. The number of nitrogens with one attached hydrogen (secondary N) is 1. The number of benzene rings is 1. The van der Waals surface area contributed by atoms with Crippen LogP contribution < -0.4 is 5.32 Å². The van der Waals surface area contributed by atoms with Crippen molar-refractivity contribution in [3.05, 3.63) is 29.8 Å². The standard InChI is InChI=1S/C12H19NOS/c1-9(8-14)13-10(2)11-4-6-12(15-3)7-5-11/h4-7,9-10,13-14H,8H2,1-3H3/t9-,10-/m0/s1. The highest BCUT2D eigenvalue weighted by atomic mass is 32.2. The van der Waals surface area contributed by atoms with Gasteiger partial charge in [-0.3, -0.25) is 0 Å². The fraction of sp³-hybridized carbons (Fsp3) is 0.500. The summed E-state index contributed by atoms with van der Waals surface area (Å²) >= 11 is 1.75. The Morgan fingerprint density at radius 3 is 2.33 bits per heavy atom. The predicted molar refractivity (Wildman–Crippen MR) is 66.3 cm³/mol. The molecule has 0 heterocycles. The first-order valence-electron chi connectivity index (χ1n) is 5.18. The molecule has 84 valence electrons. The van der Waals surface area contributed by atoms with E-state index >= 15 is 0 Å². The van der Waals surface area contributed by atoms with E-state index in [1.807, 2.05) is 6.92 Å². The lowest BCUT2D eigenvalue weighted by Crippen LogP contribution is -2.31. The van der Waals surface area contributed by atoms with Crippen LogP contribution in [-0.4, -0.2) is 24.0 Å². The Morgan fingerprint density at radius 2 is 1.87 bits per heavy atom. The third-order valence-electron chi connectivity index (χ3n) is 2.42. The lowest BCUT2D eigenvalue weighted by atomic mass is 10.1. The molecular formula is C12H19NOS. The molecule has 0 spiro atoms. The molecule has 2 N–H and O–H groups in total. The van der Waals surface area contributed by atoms with E-state index < -0.39 is 0 Å². The quantitative estimate of drug-likeness (QED) is 0.755. The maximum Gasteiger partial charge on any atom is 0.0582 e. The van der Waals surface area contributed by atoms with E-state index in [0.717, 1.165) is 0 Å². The maximum absolute atomic E-state index is 8.95. The van der Waals surface area contributed by atoms with Crippen LogP contribution in [0.5, 0.6) is 0 Å². The molecule has 0 aromatic heterocycles. The van der Waals surface area contributed by atoms with Crippen molar-refractivity contribution in [3.63, 3.8) is 0 Å². The maximum atomic E-state index is 8.95. The SMILES string of the molecule is CSc1ccc([C@H](C)N[C@@H](C)CO)cc1. The number of rotatable bonds is 5. The Morgan fingerprint density at radius 1 is 1.27 bits per heavy atom. The zero-order chi connectivity index (χ0) is 11.3. The molecular weight excluding hydrogens is 206 g/mol. The summed E-state index contributed by atoms with van der Waals surface area (Å²) in [4.78, 5) is 1.28. The first-order valence-corrected chi connectivity index (χ1v) is 6.40. The largest absolute Gasteiger partial charge is 0.395 e. The third kappa shape index (κ3) is 3.86. The van der Waals surface area contributed by atoms with Gasteiger partial charge in [0, 0.05) is 17.0 Å². The molecule has 0 fully saturated rings. The number of aliphatic hydroxyl groups is 1. The average molecular weight is 225 g/mol. The summed E-state index contributed by atoms with van der Waals surface area (Å²) in [6, 6.07) is 8.94. The van der Waals surface area contributed by atoms with Crippen LogP contribution in [0.25, 0.3) is 0 Å². The Hall–Kier alpha value is -0.510. The average Bonchev–Trinajstić information content (AvgIpc) is 2.29. The summed E-state index contributed by atoms with van der Waals surface area (Å²) in [6.45, 7) is 4.26. The van der Waals surface area contributed by atoms with E-state index in [1.54, 1.807) is 11.8 Å². The molecule has 0 saturated heterocycles. The van der Waals surface area contributed by atoms with Crippen LogP contribution in [0.15, 0.2) is 29.2 Å². The Labute approximate surface area is 96.1 Å². The van der Waals surface area contributed by atoms with Crippen LogP contribution in [0.3, 0.4) is 0 Å². The van der Waals surface area contributed by atoms with Crippen molar-refractivity contribution >= 4 is 11.8 Å². The summed E-state index contributed by atoms with van der Waals surface area (Å²) in [5.74, 6) is 0. The van der Waals surface area contributed by atoms with E-state index in [0.29, 0.717) is 0 Å². The van der Waals surface area contributed by atoms with Crippen molar-refractivity contribution in [3.8, 4) is 0 Å². The molecule has 3 heteroatoms. The first-order chi connectivity index (χ1) is 7.17. The van der Waals surface area contributed by atoms with E-state index in [-0.39, 0.29) is 18.7 Å². The van der Waals surface area contributed by atoms with Crippen molar-refractivity contribution < 1.29 is 5.11 Å². The van der Waals surface area contributed by atoms with Crippen LogP contribution in [0, 0.1) is 0 Å². The highest BCUT2D eigenvalue weighted by Gasteiger charge is 2.07. The van der Waals surface area contributed by atoms with Gasteiger partial charge in [-0.15, -0.1) is 11.8 Å². The predicted octanol–water partition coefficient (Wildman–Crippen LogP) is 2.44. The Bertz CT molecular complexity index is 286. The molecule has 1 aromatic rings. The van der Waals surface area contributed by atoms with Gasteiger partial charge < -0.3 is 10.4 Å². The number of thioether (sulfide) groups is 1. The van der Waals surface area contributed by atoms with Gasteiger partial charge in [-0.2, -0.15) is 0 Å². The van der Waals surface area contributed by atoms with E-state index in [9.17, 15) is 0 Å². The molecule has 2 atom stereocenters. The van der Waals surface area contributed by atoms with Crippen molar-refractivity contribution in [1.29, 1.82) is 0 Å². The highest BCUT2D eigenvalue weighted by molar-refractivity contribution is 7.98. The summed E-state index contributed by atoms with van der Waals surface area (Å²) < 4.78 is 0. The van der Waals surface area contributed by atoms with Crippen molar-refractivity contribution in [1.82, 2.24) is 5.32 Å². The van der Waals surface area contributed by atoms with Crippen LogP contribution in [0.2, 0.25) is 0 Å². The lowest BCUT2D eigenvalue weighted by Gasteiger charge is -2.18. The molecule has 1 rings (SSSR count). The zero-order valence-electron chi connectivity index (χ0n) is 9.53. The molecule has 0 radical (unpaired) electrons. The van der Waals surface area contributed by atoms with Crippen molar-refractivity contribution in [2.75, 3.05) is 12.9 Å². The van der Waals surface area contributed by atoms with Gasteiger partial charge in [-0.05, 0) is 37.8 Å². The van der Waals surface area contributed by atoms with E-state index in [1.165, 1.54) is 10.5 Å². The Kier molecular flexibility index (Phi) is 5.15.